The van der Waals surface area contributed by atoms with Gasteiger partial charge in [0.05, 0.1) is 4.90 Å². The molecule has 1 fully saturated rings. The molecular formula is C14H22N2O2S2. The number of sulfonamides is 1. The van der Waals surface area contributed by atoms with Crippen molar-refractivity contribution in [3.8, 4) is 0 Å². The van der Waals surface area contributed by atoms with E-state index in [2.05, 4.69) is 12.2 Å². The highest BCUT2D eigenvalue weighted by atomic mass is 32.2. The summed E-state index contributed by atoms with van der Waals surface area (Å²) < 4.78 is 26.8. The first-order valence-corrected chi connectivity index (χ1v) is 9.61. The van der Waals surface area contributed by atoms with Gasteiger partial charge in [-0.05, 0) is 36.4 Å². The minimum absolute atomic E-state index is 0.407. The van der Waals surface area contributed by atoms with Crippen molar-refractivity contribution < 1.29 is 8.42 Å². The second-order valence-corrected chi connectivity index (χ2v) is 7.96. The average Bonchev–Trinajstić information content (AvgIpc) is 2.75. The second kappa shape index (κ2) is 7.45. The van der Waals surface area contributed by atoms with Crippen LogP contribution in [-0.4, -0.2) is 43.9 Å². The molecule has 0 spiro atoms. The largest absolute Gasteiger partial charge is 0.313 e. The highest BCUT2D eigenvalue weighted by Crippen LogP contribution is 2.20. The summed E-state index contributed by atoms with van der Waals surface area (Å²) in [5, 5.41) is 3.23. The van der Waals surface area contributed by atoms with Crippen molar-refractivity contribution in [2.75, 3.05) is 31.1 Å². The summed E-state index contributed by atoms with van der Waals surface area (Å²) in [6.07, 6.45) is 0.933. The first kappa shape index (κ1) is 15.8. The number of thioether (sulfide) groups is 1. The molecule has 1 saturated heterocycles. The van der Waals surface area contributed by atoms with E-state index in [9.17, 15) is 8.42 Å². The third-order valence-corrected chi connectivity index (χ3v) is 6.28. The fraction of sp³-hybridized carbons (Fsp3) is 0.571. The minimum atomic E-state index is -3.32. The third-order valence-electron chi connectivity index (χ3n) is 3.32. The minimum Gasteiger partial charge on any atom is -0.313 e. The van der Waals surface area contributed by atoms with Gasteiger partial charge in [0.2, 0.25) is 10.0 Å². The van der Waals surface area contributed by atoms with Gasteiger partial charge in [-0.2, -0.15) is 16.1 Å². The van der Waals surface area contributed by atoms with Crippen LogP contribution in [-0.2, 0) is 16.6 Å². The molecule has 1 aliphatic rings. The number of rotatable bonds is 5. The third kappa shape index (κ3) is 3.97. The van der Waals surface area contributed by atoms with E-state index >= 15 is 0 Å². The molecule has 0 atom stereocenters. The molecule has 20 heavy (non-hydrogen) atoms. The van der Waals surface area contributed by atoms with Gasteiger partial charge >= 0.3 is 0 Å². The van der Waals surface area contributed by atoms with E-state index in [4.69, 9.17) is 0 Å². The van der Waals surface area contributed by atoms with Crippen LogP contribution in [0.4, 0.5) is 0 Å². The molecule has 0 aliphatic carbocycles. The van der Waals surface area contributed by atoms with E-state index in [1.54, 1.807) is 16.4 Å². The molecule has 0 aromatic heterocycles. The van der Waals surface area contributed by atoms with Crippen LogP contribution in [0.2, 0.25) is 0 Å². The van der Waals surface area contributed by atoms with Crippen molar-refractivity contribution in [3.63, 3.8) is 0 Å². The Hall–Kier alpha value is -0.560. The van der Waals surface area contributed by atoms with Crippen LogP contribution in [0.25, 0.3) is 0 Å². The van der Waals surface area contributed by atoms with Gasteiger partial charge in [-0.25, -0.2) is 8.42 Å². The van der Waals surface area contributed by atoms with Crippen molar-refractivity contribution in [3.05, 3.63) is 29.8 Å². The van der Waals surface area contributed by atoms with Gasteiger partial charge < -0.3 is 5.32 Å². The molecule has 1 N–H and O–H groups in total. The van der Waals surface area contributed by atoms with Crippen molar-refractivity contribution in [1.82, 2.24) is 9.62 Å². The molecule has 0 amide bonds. The molecule has 0 saturated carbocycles. The Morgan fingerprint density at radius 1 is 1.20 bits per heavy atom. The first-order chi connectivity index (χ1) is 9.64. The fourth-order valence-electron chi connectivity index (χ4n) is 2.16. The molecule has 0 unspecified atom stereocenters. The lowest BCUT2D eigenvalue weighted by Crippen LogP contribution is -2.33. The predicted octanol–water partition coefficient (Wildman–Crippen LogP) is 1.92. The maximum Gasteiger partial charge on any atom is 0.243 e. The molecule has 2 rings (SSSR count). The maximum atomic E-state index is 12.6. The molecule has 1 aromatic rings. The van der Waals surface area contributed by atoms with E-state index in [1.165, 1.54) is 0 Å². The normalized spacial score (nSPS) is 17.9. The summed E-state index contributed by atoms with van der Waals surface area (Å²) in [6.45, 7) is 4.99. The van der Waals surface area contributed by atoms with Crippen LogP contribution in [0.3, 0.4) is 0 Å². The molecule has 112 valence electrons. The first-order valence-electron chi connectivity index (χ1n) is 7.02. The highest BCUT2D eigenvalue weighted by molar-refractivity contribution is 7.99. The summed E-state index contributed by atoms with van der Waals surface area (Å²) in [5.74, 6) is 1.94. The van der Waals surface area contributed by atoms with E-state index in [0.29, 0.717) is 18.0 Å². The van der Waals surface area contributed by atoms with E-state index in [0.717, 1.165) is 36.6 Å². The SMILES string of the molecule is CCNCc1ccc(S(=O)(=O)N2CCCSCC2)cc1. The molecule has 0 radical (unpaired) electrons. The summed E-state index contributed by atoms with van der Waals surface area (Å²) in [6, 6.07) is 7.23. The lowest BCUT2D eigenvalue weighted by Gasteiger charge is -2.19. The molecule has 6 heteroatoms. The topological polar surface area (TPSA) is 49.4 Å². The number of benzene rings is 1. The van der Waals surface area contributed by atoms with Gasteiger partial charge in [0, 0.05) is 25.4 Å². The van der Waals surface area contributed by atoms with Crippen LogP contribution < -0.4 is 5.32 Å². The summed E-state index contributed by atoms with van der Waals surface area (Å²) in [7, 11) is -3.32. The smallest absolute Gasteiger partial charge is 0.243 e. The predicted molar refractivity (Wildman–Crippen MR) is 84.5 cm³/mol. The number of nitrogens with one attached hydrogen (secondary N) is 1. The summed E-state index contributed by atoms with van der Waals surface area (Å²) in [4.78, 5) is 0.407. The Balaban J connectivity index is 2.12. The quantitative estimate of drug-likeness (QED) is 0.902. The zero-order valence-corrected chi connectivity index (χ0v) is 13.5. The Labute approximate surface area is 126 Å². The van der Waals surface area contributed by atoms with E-state index < -0.39 is 10.0 Å². The maximum absolute atomic E-state index is 12.6. The zero-order valence-electron chi connectivity index (χ0n) is 11.8. The number of hydrogen-bond acceptors (Lipinski definition) is 4. The van der Waals surface area contributed by atoms with Crippen molar-refractivity contribution in [2.45, 2.75) is 24.8 Å². The van der Waals surface area contributed by atoms with Crippen molar-refractivity contribution in [2.24, 2.45) is 0 Å². The Morgan fingerprint density at radius 3 is 2.65 bits per heavy atom. The van der Waals surface area contributed by atoms with Crippen LogP contribution >= 0.6 is 11.8 Å². The van der Waals surface area contributed by atoms with Gasteiger partial charge in [0.15, 0.2) is 0 Å². The summed E-state index contributed by atoms with van der Waals surface area (Å²) >= 11 is 1.83. The molecule has 1 heterocycles. The fourth-order valence-corrected chi connectivity index (χ4v) is 4.64. The van der Waals surface area contributed by atoms with Gasteiger partial charge in [-0.15, -0.1) is 0 Å². The van der Waals surface area contributed by atoms with Gasteiger partial charge in [0.1, 0.15) is 0 Å². The lowest BCUT2D eigenvalue weighted by molar-refractivity contribution is 0.435. The van der Waals surface area contributed by atoms with E-state index in [1.807, 2.05) is 23.9 Å². The van der Waals surface area contributed by atoms with Gasteiger partial charge in [-0.1, -0.05) is 19.1 Å². The molecule has 1 aromatic carbocycles. The average molecular weight is 314 g/mol. The zero-order chi connectivity index (χ0) is 14.4. The Bertz CT molecular complexity index is 506. The van der Waals surface area contributed by atoms with Crippen LogP contribution in [0.5, 0.6) is 0 Å². The van der Waals surface area contributed by atoms with Gasteiger partial charge in [0.25, 0.3) is 0 Å². The summed E-state index contributed by atoms with van der Waals surface area (Å²) in [5.41, 5.74) is 1.11. The molecular weight excluding hydrogens is 292 g/mol. The highest BCUT2D eigenvalue weighted by Gasteiger charge is 2.24. The van der Waals surface area contributed by atoms with Crippen molar-refractivity contribution >= 4 is 21.8 Å². The van der Waals surface area contributed by atoms with E-state index in [-0.39, 0.29) is 0 Å². The lowest BCUT2D eigenvalue weighted by atomic mass is 10.2. The number of nitrogens with zero attached hydrogens (tertiary/aromatic N) is 1. The monoisotopic (exact) mass is 314 g/mol. The molecule has 4 nitrogen and oxygen atoms in total. The van der Waals surface area contributed by atoms with Crippen LogP contribution in [0, 0.1) is 0 Å². The van der Waals surface area contributed by atoms with Crippen LogP contribution in [0.1, 0.15) is 18.9 Å². The molecule has 0 bridgehead atoms. The van der Waals surface area contributed by atoms with Crippen LogP contribution in [0.15, 0.2) is 29.2 Å². The number of hydrogen-bond donors (Lipinski definition) is 1. The van der Waals surface area contributed by atoms with Gasteiger partial charge in [-0.3, -0.25) is 0 Å². The standard InChI is InChI=1S/C14H22N2O2S2/c1-2-15-12-13-4-6-14(7-5-13)20(17,18)16-8-3-10-19-11-9-16/h4-7,15H,2-3,8-12H2,1H3. The Morgan fingerprint density at radius 2 is 1.95 bits per heavy atom. The van der Waals surface area contributed by atoms with Crippen molar-refractivity contribution in [1.29, 1.82) is 0 Å². The molecule has 1 aliphatic heterocycles. The second-order valence-electron chi connectivity index (χ2n) is 4.79. The Kier molecular flexibility index (Phi) is 5.89.